The number of rotatable bonds is 3. The first-order chi connectivity index (χ1) is 12.0. The monoisotopic (exact) mass is 349 g/mol. The molecule has 4 aromatic carbocycles. The summed E-state index contributed by atoms with van der Waals surface area (Å²) in [5, 5.41) is 6.84. The molecule has 0 amide bonds. The third kappa shape index (κ3) is 2.95. The zero-order chi connectivity index (χ0) is 17.4. The van der Waals surface area contributed by atoms with E-state index in [1.54, 1.807) is 6.07 Å². The Labute approximate surface area is 145 Å². The average Bonchev–Trinajstić information content (AvgIpc) is 2.60. The standard InChI is InChI=1S/C20H15NO3S/c22-25(23,24)19-11-10-16-12-14-6-4-5-7-15(14)13-18(16)20(19)21-17-8-2-1-3-9-17/h1-13,21H,(H,22,23,24). The molecule has 2 N–H and O–H groups in total. The molecule has 0 aliphatic rings. The van der Waals surface area contributed by atoms with Crippen molar-refractivity contribution in [2.24, 2.45) is 0 Å². The van der Waals surface area contributed by atoms with Gasteiger partial charge >= 0.3 is 0 Å². The molecule has 25 heavy (non-hydrogen) atoms. The number of benzene rings is 4. The first-order valence-corrected chi connectivity index (χ1v) is 9.21. The van der Waals surface area contributed by atoms with Gasteiger partial charge in [-0.25, -0.2) is 0 Å². The molecule has 0 aliphatic heterocycles. The van der Waals surface area contributed by atoms with Crippen LogP contribution in [0.2, 0.25) is 0 Å². The van der Waals surface area contributed by atoms with Crippen LogP contribution in [0, 0.1) is 0 Å². The van der Waals surface area contributed by atoms with E-state index in [2.05, 4.69) is 5.32 Å². The summed E-state index contributed by atoms with van der Waals surface area (Å²) in [4.78, 5) is -0.140. The Bertz CT molecular complexity index is 1190. The maximum atomic E-state index is 11.9. The number of nitrogens with one attached hydrogen (secondary N) is 1. The van der Waals surface area contributed by atoms with Crippen LogP contribution in [-0.4, -0.2) is 13.0 Å². The van der Waals surface area contributed by atoms with Crippen molar-refractivity contribution in [2.75, 3.05) is 5.32 Å². The summed E-state index contributed by atoms with van der Waals surface area (Å²) in [5.41, 5.74) is 1.12. The molecule has 0 fully saturated rings. The van der Waals surface area contributed by atoms with E-state index in [4.69, 9.17) is 0 Å². The van der Waals surface area contributed by atoms with Gasteiger partial charge in [0, 0.05) is 11.1 Å². The molecule has 124 valence electrons. The highest BCUT2D eigenvalue weighted by atomic mass is 32.2. The van der Waals surface area contributed by atoms with E-state index >= 15 is 0 Å². The van der Waals surface area contributed by atoms with Crippen molar-refractivity contribution in [3.8, 4) is 0 Å². The van der Waals surface area contributed by atoms with Crippen molar-refractivity contribution in [2.45, 2.75) is 4.90 Å². The highest BCUT2D eigenvalue weighted by Crippen LogP contribution is 2.35. The molecule has 5 heteroatoms. The van der Waals surface area contributed by atoms with Crippen LogP contribution in [0.5, 0.6) is 0 Å². The van der Waals surface area contributed by atoms with Crippen LogP contribution in [0.15, 0.2) is 83.8 Å². The highest BCUT2D eigenvalue weighted by Gasteiger charge is 2.18. The summed E-state index contributed by atoms with van der Waals surface area (Å²) >= 11 is 0. The summed E-state index contributed by atoms with van der Waals surface area (Å²) in [7, 11) is -4.36. The van der Waals surface area contributed by atoms with Crippen LogP contribution in [-0.2, 0) is 10.1 Å². The van der Waals surface area contributed by atoms with Crippen molar-refractivity contribution in [1.29, 1.82) is 0 Å². The van der Waals surface area contributed by atoms with Crippen molar-refractivity contribution < 1.29 is 13.0 Å². The Morgan fingerprint density at radius 3 is 2.04 bits per heavy atom. The number of fused-ring (bicyclic) bond motifs is 2. The second-order valence-corrected chi connectivity index (χ2v) is 7.22. The van der Waals surface area contributed by atoms with Gasteiger partial charge in [0.05, 0.1) is 5.69 Å². The van der Waals surface area contributed by atoms with E-state index in [9.17, 15) is 13.0 Å². The Morgan fingerprint density at radius 1 is 0.720 bits per heavy atom. The fraction of sp³-hybridized carbons (Fsp3) is 0. The molecular weight excluding hydrogens is 334 g/mol. The molecule has 4 rings (SSSR count). The molecule has 0 atom stereocenters. The van der Waals surface area contributed by atoms with Gasteiger partial charge < -0.3 is 5.32 Å². The molecule has 0 radical (unpaired) electrons. The SMILES string of the molecule is O=S(=O)(O)c1ccc2cc3ccccc3cc2c1Nc1ccccc1. The van der Waals surface area contributed by atoms with Gasteiger partial charge in [-0.05, 0) is 46.5 Å². The van der Waals surface area contributed by atoms with Crippen molar-refractivity contribution in [3.63, 3.8) is 0 Å². The quantitative estimate of drug-likeness (QED) is 0.404. The van der Waals surface area contributed by atoms with Crippen molar-refractivity contribution >= 4 is 43.0 Å². The Morgan fingerprint density at radius 2 is 1.36 bits per heavy atom. The van der Waals surface area contributed by atoms with Crippen LogP contribution in [0.25, 0.3) is 21.5 Å². The second kappa shape index (κ2) is 5.88. The molecule has 0 aliphatic carbocycles. The van der Waals surface area contributed by atoms with Gasteiger partial charge in [-0.15, -0.1) is 0 Å². The summed E-state index contributed by atoms with van der Waals surface area (Å²) < 4.78 is 33.4. The number of hydrogen-bond acceptors (Lipinski definition) is 3. The van der Waals surface area contributed by atoms with Gasteiger partial charge in [0.2, 0.25) is 0 Å². The zero-order valence-corrected chi connectivity index (χ0v) is 14.0. The predicted molar refractivity (Wildman–Crippen MR) is 101 cm³/mol. The third-order valence-electron chi connectivity index (χ3n) is 4.17. The first-order valence-electron chi connectivity index (χ1n) is 7.77. The van der Waals surface area contributed by atoms with E-state index in [0.29, 0.717) is 5.69 Å². The van der Waals surface area contributed by atoms with Gasteiger partial charge in [0.15, 0.2) is 0 Å². The topological polar surface area (TPSA) is 66.4 Å². The maximum Gasteiger partial charge on any atom is 0.296 e. The van der Waals surface area contributed by atoms with Crippen LogP contribution in [0.1, 0.15) is 0 Å². The average molecular weight is 349 g/mol. The molecule has 4 aromatic rings. The molecule has 0 heterocycles. The van der Waals surface area contributed by atoms with Gasteiger partial charge in [0.1, 0.15) is 4.90 Å². The molecule has 0 saturated heterocycles. The van der Waals surface area contributed by atoms with E-state index < -0.39 is 10.1 Å². The number of anilines is 2. The lowest BCUT2D eigenvalue weighted by atomic mass is 10.0. The van der Waals surface area contributed by atoms with Crippen molar-refractivity contribution in [1.82, 2.24) is 0 Å². The lowest BCUT2D eigenvalue weighted by Crippen LogP contribution is -2.04. The maximum absolute atomic E-state index is 11.9. The fourth-order valence-electron chi connectivity index (χ4n) is 3.00. The molecule has 0 unspecified atom stereocenters. The van der Waals surface area contributed by atoms with Gasteiger partial charge in [-0.1, -0.05) is 48.5 Å². The molecular formula is C20H15NO3S. The van der Waals surface area contributed by atoms with Crippen LogP contribution in [0.3, 0.4) is 0 Å². The third-order valence-corrected chi connectivity index (χ3v) is 5.06. The summed E-state index contributed by atoms with van der Waals surface area (Å²) in [6.45, 7) is 0. The van der Waals surface area contributed by atoms with Gasteiger partial charge in [0.25, 0.3) is 10.1 Å². The van der Waals surface area contributed by atoms with Crippen molar-refractivity contribution in [3.05, 3.63) is 78.9 Å². The molecule has 0 aromatic heterocycles. The lowest BCUT2D eigenvalue weighted by Gasteiger charge is -2.14. The van der Waals surface area contributed by atoms with E-state index in [1.807, 2.05) is 66.7 Å². The lowest BCUT2D eigenvalue weighted by molar-refractivity contribution is 0.483. The smallest absolute Gasteiger partial charge is 0.296 e. The minimum absolute atomic E-state index is 0.140. The van der Waals surface area contributed by atoms with Crippen LogP contribution < -0.4 is 5.32 Å². The van der Waals surface area contributed by atoms with Crippen LogP contribution >= 0.6 is 0 Å². The predicted octanol–water partition coefficient (Wildman–Crippen LogP) is 4.98. The summed E-state index contributed by atoms with van der Waals surface area (Å²) in [6.07, 6.45) is 0. The van der Waals surface area contributed by atoms with Gasteiger partial charge in [-0.3, -0.25) is 4.55 Å². The van der Waals surface area contributed by atoms with Crippen LogP contribution in [0.4, 0.5) is 11.4 Å². The number of para-hydroxylation sites is 1. The Hall–Kier alpha value is -2.89. The Kier molecular flexibility index (Phi) is 3.67. The molecule has 0 saturated carbocycles. The first kappa shape index (κ1) is 15.6. The van der Waals surface area contributed by atoms with E-state index in [1.165, 1.54) is 6.07 Å². The normalized spacial score (nSPS) is 11.7. The largest absolute Gasteiger partial charge is 0.354 e. The Balaban J connectivity index is 2.05. The molecule has 0 spiro atoms. The minimum atomic E-state index is -4.36. The highest BCUT2D eigenvalue weighted by molar-refractivity contribution is 7.86. The number of hydrogen-bond donors (Lipinski definition) is 2. The van der Waals surface area contributed by atoms with Gasteiger partial charge in [-0.2, -0.15) is 8.42 Å². The summed E-state index contributed by atoms with van der Waals surface area (Å²) in [5.74, 6) is 0. The zero-order valence-electron chi connectivity index (χ0n) is 13.2. The second-order valence-electron chi connectivity index (χ2n) is 5.83. The van der Waals surface area contributed by atoms with E-state index in [0.717, 1.165) is 27.2 Å². The minimum Gasteiger partial charge on any atom is -0.354 e. The fourth-order valence-corrected chi connectivity index (χ4v) is 3.66. The summed E-state index contributed by atoms with van der Waals surface area (Å²) in [6, 6.07) is 24.2. The molecule has 0 bridgehead atoms. The molecule has 4 nitrogen and oxygen atoms in total. The van der Waals surface area contributed by atoms with E-state index in [-0.39, 0.29) is 4.90 Å².